The highest BCUT2D eigenvalue weighted by molar-refractivity contribution is 6.13. The van der Waals surface area contributed by atoms with Crippen LogP contribution in [-0.4, -0.2) is 15.9 Å². The molecule has 0 aliphatic rings. The number of terminal acetylenes is 1. The van der Waals surface area contributed by atoms with Crippen molar-refractivity contribution in [1.29, 1.82) is 0 Å². The van der Waals surface area contributed by atoms with Gasteiger partial charge in [-0.3, -0.25) is 14.9 Å². The molecule has 0 aliphatic heterocycles. The molecule has 0 radical (unpaired) electrons. The highest BCUT2D eigenvalue weighted by Gasteiger charge is 2.30. The molecule has 0 fully saturated rings. The van der Waals surface area contributed by atoms with Crippen molar-refractivity contribution in [1.82, 2.24) is 0 Å². The summed E-state index contributed by atoms with van der Waals surface area (Å²) in [6.45, 7) is 1.59. The minimum absolute atomic E-state index is 0.000700. The molecule has 0 atom stereocenters. The fourth-order valence-corrected chi connectivity index (χ4v) is 2.55. The second-order valence-electron chi connectivity index (χ2n) is 5.92. The number of nitro benzene ring substituents is 1. The van der Waals surface area contributed by atoms with Crippen molar-refractivity contribution in [3.8, 4) is 18.1 Å². The molecule has 0 saturated carbocycles. The lowest BCUT2D eigenvalue weighted by atomic mass is 9.98. The Labute approximate surface area is 169 Å². The van der Waals surface area contributed by atoms with Crippen LogP contribution >= 0.6 is 0 Å². The number of hydrogen-bond donors (Lipinski definition) is 2. The first kappa shape index (κ1) is 22.2. The van der Waals surface area contributed by atoms with Crippen LogP contribution in [-0.2, 0) is 11.0 Å². The van der Waals surface area contributed by atoms with Gasteiger partial charge in [0.1, 0.15) is 11.4 Å². The number of carbonyl (C=O) groups excluding carboxylic acids is 1. The summed E-state index contributed by atoms with van der Waals surface area (Å²) in [6.07, 6.45) is 3.81. The summed E-state index contributed by atoms with van der Waals surface area (Å²) in [5.74, 6) is 1.11. The molecule has 0 spiro atoms. The molecule has 9 heteroatoms. The molecule has 30 heavy (non-hydrogen) atoms. The largest absolute Gasteiger partial charge is 0.508 e. The van der Waals surface area contributed by atoms with Crippen LogP contribution in [0.15, 0.2) is 60.2 Å². The molecule has 2 N–H and O–H groups in total. The number of nitrogens with zero attached hydrogens (tertiary/aromatic N) is 1. The summed E-state index contributed by atoms with van der Waals surface area (Å²) in [5, 5.41) is 22.9. The first-order valence-electron chi connectivity index (χ1n) is 8.38. The van der Waals surface area contributed by atoms with E-state index >= 15 is 0 Å². The maximum atomic E-state index is 12.8. The summed E-state index contributed by atoms with van der Waals surface area (Å²) in [4.78, 5) is 23.2. The number of nitro groups is 1. The molecule has 2 rings (SSSR count). The maximum Gasteiger partial charge on any atom is 0.416 e. The summed E-state index contributed by atoms with van der Waals surface area (Å²) in [7, 11) is 0. The summed E-state index contributed by atoms with van der Waals surface area (Å²) in [5.41, 5.74) is -1.50. The number of amides is 1. The van der Waals surface area contributed by atoms with E-state index in [1.165, 1.54) is 12.2 Å². The molecule has 6 nitrogen and oxygen atoms in total. The lowest BCUT2D eigenvalue weighted by Gasteiger charge is -2.11. The zero-order valence-electron chi connectivity index (χ0n) is 15.5. The van der Waals surface area contributed by atoms with E-state index in [0.717, 1.165) is 42.5 Å². The Kier molecular flexibility index (Phi) is 6.64. The smallest absolute Gasteiger partial charge is 0.416 e. The van der Waals surface area contributed by atoms with Gasteiger partial charge < -0.3 is 10.4 Å². The van der Waals surface area contributed by atoms with Crippen molar-refractivity contribution in [2.45, 2.75) is 13.1 Å². The Balaban J connectivity index is 2.51. The van der Waals surface area contributed by atoms with Gasteiger partial charge in [-0.25, -0.2) is 0 Å². The van der Waals surface area contributed by atoms with Gasteiger partial charge in [0, 0.05) is 5.57 Å². The van der Waals surface area contributed by atoms with Gasteiger partial charge in [-0.2, -0.15) is 13.2 Å². The Bertz CT molecular complexity index is 1080. The molecule has 0 unspecified atom stereocenters. The number of halogens is 3. The number of rotatable bonds is 5. The third kappa shape index (κ3) is 5.05. The van der Waals surface area contributed by atoms with Crippen LogP contribution in [0.1, 0.15) is 18.1 Å². The van der Waals surface area contributed by atoms with E-state index in [1.54, 1.807) is 6.92 Å². The molecular weight excluding hydrogens is 401 g/mol. The third-order valence-corrected chi connectivity index (χ3v) is 3.92. The zero-order chi connectivity index (χ0) is 22.5. The fraction of sp³-hybridized carbons (Fsp3) is 0.0952. The summed E-state index contributed by atoms with van der Waals surface area (Å²) >= 11 is 0. The monoisotopic (exact) mass is 416 g/mol. The molecule has 154 valence electrons. The van der Waals surface area contributed by atoms with E-state index in [9.17, 15) is 33.2 Å². The minimum atomic E-state index is -4.53. The molecule has 1 amide bonds. The Morgan fingerprint density at radius 2 is 1.87 bits per heavy atom. The van der Waals surface area contributed by atoms with E-state index in [2.05, 4.69) is 11.2 Å². The number of phenols is 1. The normalized spacial score (nSPS) is 12.2. The second kappa shape index (κ2) is 8.96. The van der Waals surface area contributed by atoms with Crippen molar-refractivity contribution in [2.75, 3.05) is 5.32 Å². The molecule has 0 bridgehead atoms. The van der Waals surface area contributed by atoms with Crippen LogP contribution < -0.4 is 5.32 Å². The van der Waals surface area contributed by atoms with Gasteiger partial charge >= 0.3 is 6.18 Å². The van der Waals surface area contributed by atoms with E-state index in [-0.39, 0.29) is 28.1 Å². The first-order valence-corrected chi connectivity index (χ1v) is 8.38. The first-order chi connectivity index (χ1) is 14.1. The average molecular weight is 416 g/mol. The van der Waals surface area contributed by atoms with Crippen LogP contribution in [0.3, 0.4) is 0 Å². The third-order valence-electron chi connectivity index (χ3n) is 3.92. The van der Waals surface area contributed by atoms with Crippen LogP contribution in [0.2, 0.25) is 0 Å². The molecule has 0 saturated heterocycles. The van der Waals surface area contributed by atoms with Gasteiger partial charge in [-0.1, -0.05) is 30.2 Å². The van der Waals surface area contributed by atoms with Crippen LogP contribution in [0.5, 0.6) is 5.75 Å². The molecule has 2 aromatic rings. The van der Waals surface area contributed by atoms with Gasteiger partial charge in [0.05, 0.1) is 22.1 Å². The van der Waals surface area contributed by atoms with Gasteiger partial charge in [-0.15, -0.1) is 6.42 Å². The van der Waals surface area contributed by atoms with E-state index in [4.69, 9.17) is 6.42 Å². The average Bonchev–Trinajstić information content (AvgIpc) is 2.68. The fourth-order valence-electron chi connectivity index (χ4n) is 2.55. The summed E-state index contributed by atoms with van der Waals surface area (Å²) in [6, 6.07) is 7.11. The van der Waals surface area contributed by atoms with Crippen molar-refractivity contribution < 1.29 is 28.0 Å². The van der Waals surface area contributed by atoms with Gasteiger partial charge in [-0.05, 0) is 36.8 Å². The quantitative estimate of drug-likeness (QED) is 0.181. The number of nitrogens with one attached hydrogen (secondary N) is 1. The van der Waals surface area contributed by atoms with Crippen molar-refractivity contribution in [3.63, 3.8) is 0 Å². The second-order valence-corrected chi connectivity index (χ2v) is 5.92. The summed E-state index contributed by atoms with van der Waals surface area (Å²) < 4.78 is 38.4. The van der Waals surface area contributed by atoms with Crippen molar-refractivity contribution in [3.05, 3.63) is 81.4 Å². The molecule has 0 aliphatic carbocycles. The van der Waals surface area contributed by atoms with Crippen LogP contribution in [0.25, 0.3) is 5.57 Å². The highest BCUT2D eigenvalue weighted by Crippen LogP contribution is 2.32. The Hall–Kier alpha value is -4.06. The predicted molar refractivity (Wildman–Crippen MR) is 105 cm³/mol. The van der Waals surface area contributed by atoms with Crippen molar-refractivity contribution >= 4 is 22.9 Å². The number of allylic oxidation sites excluding steroid dienone is 2. The Morgan fingerprint density at radius 1 is 1.23 bits per heavy atom. The number of hydrogen-bond acceptors (Lipinski definition) is 4. The number of aromatic hydroxyl groups is 1. The zero-order valence-corrected chi connectivity index (χ0v) is 15.5. The molecule has 0 heterocycles. The SMILES string of the molecule is C#C/C(=C(\C=C/C)C(=O)Nc1ccc(O)cc1[N+](=O)[O-])c1ccc(C(F)(F)F)cc1. The van der Waals surface area contributed by atoms with Crippen LogP contribution in [0.4, 0.5) is 24.5 Å². The van der Waals surface area contributed by atoms with Crippen molar-refractivity contribution in [2.24, 2.45) is 0 Å². The standard InChI is InChI=1S/C21H15F3N2O4/c1-3-5-17(16(4-2)13-6-8-14(9-7-13)21(22,23)24)20(28)25-18-11-10-15(27)12-19(18)26(29)30/h2-3,5-12,27H,1H3,(H,25,28)/b5-3-,17-16-. The minimum Gasteiger partial charge on any atom is -0.508 e. The topological polar surface area (TPSA) is 92.5 Å². The van der Waals surface area contributed by atoms with E-state index < -0.39 is 28.3 Å². The van der Waals surface area contributed by atoms with E-state index in [1.807, 2.05) is 0 Å². The molecule has 2 aromatic carbocycles. The predicted octanol–water partition coefficient (Wildman–Crippen LogP) is 4.92. The number of benzene rings is 2. The van der Waals surface area contributed by atoms with E-state index in [0.29, 0.717) is 0 Å². The van der Waals surface area contributed by atoms with Gasteiger partial charge in [0.2, 0.25) is 0 Å². The molecule has 0 aromatic heterocycles. The maximum absolute atomic E-state index is 12.8. The van der Waals surface area contributed by atoms with Crippen LogP contribution in [0, 0.1) is 22.5 Å². The Morgan fingerprint density at radius 3 is 2.37 bits per heavy atom. The molecular formula is C21H15F3N2O4. The lowest BCUT2D eigenvalue weighted by molar-refractivity contribution is -0.384. The number of alkyl halides is 3. The lowest BCUT2D eigenvalue weighted by Crippen LogP contribution is -2.16. The number of carbonyl (C=O) groups is 1. The number of phenolic OH excluding ortho intramolecular Hbond substituents is 1. The van der Waals surface area contributed by atoms with Gasteiger partial charge in [0.15, 0.2) is 0 Å². The van der Waals surface area contributed by atoms with Gasteiger partial charge in [0.25, 0.3) is 11.6 Å². The highest BCUT2D eigenvalue weighted by atomic mass is 19.4. The number of anilines is 1.